The lowest BCUT2D eigenvalue weighted by molar-refractivity contribution is -0.116. The van der Waals surface area contributed by atoms with Crippen molar-refractivity contribution in [3.63, 3.8) is 0 Å². The van der Waals surface area contributed by atoms with Crippen LogP contribution in [0.15, 0.2) is 46.7 Å². The SMILES string of the molecule is C/C=C(\PC1C=CC(N2CCN[C@@H](C)C2)=CN1C=O)c1cc(F)c2nc(C)oc2c1. The standard InChI is InChI=1S/C22H26FN4O2P/c1-4-20(16-9-18(23)22-19(10-16)29-15(3)25-22)30-21-6-5-17(12-27(21)13-28)26-8-7-24-14(2)11-26/h4-6,9-10,12-14,21,24,30H,7-8,11H2,1-3H3/b20-4-/t14-,21?/m0/s1. The molecule has 0 saturated carbocycles. The van der Waals surface area contributed by atoms with Crippen molar-refractivity contribution in [3.05, 3.63) is 59.5 Å². The molecule has 1 aromatic heterocycles. The molecule has 4 rings (SSSR count). The van der Waals surface area contributed by atoms with E-state index >= 15 is 0 Å². The van der Waals surface area contributed by atoms with Gasteiger partial charge in [-0.25, -0.2) is 9.37 Å². The number of oxazole rings is 1. The highest BCUT2D eigenvalue weighted by molar-refractivity contribution is 7.51. The van der Waals surface area contributed by atoms with Crippen molar-refractivity contribution in [2.75, 3.05) is 19.6 Å². The van der Waals surface area contributed by atoms with Crippen molar-refractivity contribution in [3.8, 4) is 0 Å². The largest absolute Gasteiger partial charge is 0.441 e. The maximum absolute atomic E-state index is 14.5. The van der Waals surface area contributed by atoms with Crippen molar-refractivity contribution < 1.29 is 13.6 Å². The van der Waals surface area contributed by atoms with Crippen LogP contribution in [-0.4, -0.2) is 52.7 Å². The fourth-order valence-electron chi connectivity index (χ4n) is 3.89. The van der Waals surface area contributed by atoms with E-state index < -0.39 is 5.82 Å². The summed E-state index contributed by atoms with van der Waals surface area (Å²) in [5.74, 6) is -0.0642. The topological polar surface area (TPSA) is 61.6 Å². The van der Waals surface area contributed by atoms with Crippen LogP contribution in [0.2, 0.25) is 0 Å². The fourth-order valence-corrected chi connectivity index (χ4v) is 5.16. The molecule has 3 atom stereocenters. The first kappa shape index (κ1) is 20.8. The average Bonchev–Trinajstić information content (AvgIpc) is 3.12. The second kappa shape index (κ2) is 8.70. The Bertz CT molecular complexity index is 1050. The van der Waals surface area contributed by atoms with Gasteiger partial charge in [0.15, 0.2) is 17.3 Å². The number of allylic oxidation sites excluding steroid dienone is 2. The number of benzene rings is 1. The Morgan fingerprint density at radius 3 is 3.00 bits per heavy atom. The van der Waals surface area contributed by atoms with E-state index in [1.807, 2.05) is 25.3 Å². The summed E-state index contributed by atoms with van der Waals surface area (Å²) in [5, 5.41) is 4.40. The zero-order valence-electron chi connectivity index (χ0n) is 17.4. The van der Waals surface area contributed by atoms with Crippen LogP contribution in [-0.2, 0) is 4.79 Å². The molecule has 158 valence electrons. The summed E-state index contributed by atoms with van der Waals surface area (Å²) < 4.78 is 20.0. The van der Waals surface area contributed by atoms with Gasteiger partial charge in [-0.2, -0.15) is 0 Å². The molecule has 2 unspecified atom stereocenters. The maximum atomic E-state index is 14.5. The van der Waals surface area contributed by atoms with Gasteiger partial charge in [-0.15, -0.1) is 0 Å². The lowest BCUT2D eigenvalue weighted by atomic mass is 10.2. The quantitative estimate of drug-likeness (QED) is 0.580. The molecule has 8 heteroatoms. The number of carbonyl (C=O) groups excluding carboxylic acids is 1. The van der Waals surface area contributed by atoms with Crippen LogP contribution >= 0.6 is 8.58 Å². The zero-order valence-corrected chi connectivity index (χ0v) is 18.4. The van der Waals surface area contributed by atoms with Gasteiger partial charge >= 0.3 is 0 Å². The third kappa shape index (κ3) is 4.18. The molecule has 1 aromatic carbocycles. The molecule has 1 amide bonds. The maximum Gasteiger partial charge on any atom is 0.214 e. The summed E-state index contributed by atoms with van der Waals surface area (Å²) in [6, 6.07) is 3.73. The molecule has 3 heterocycles. The van der Waals surface area contributed by atoms with Crippen molar-refractivity contribution in [1.82, 2.24) is 20.1 Å². The summed E-state index contributed by atoms with van der Waals surface area (Å²) in [5.41, 5.74) is 2.48. The molecule has 0 bridgehead atoms. The normalized spacial score (nSPS) is 22.9. The van der Waals surface area contributed by atoms with Crippen LogP contribution in [0.25, 0.3) is 16.4 Å². The first-order chi connectivity index (χ1) is 14.5. The van der Waals surface area contributed by atoms with Gasteiger partial charge in [-0.05, 0) is 42.9 Å². The van der Waals surface area contributed by atoms with Crippen molar-refractivity contribution in [2.45, 2.75) is 32.6 Å². The molecule has 6 nitrogen and oxygen atoms in total. The first-order valence-electron chi connectivity index (χ1n) is 10.1. The lowest BCUT2D eigenvalue weighted by Gasteiger charge is -2.37. The summed E-state index contributed by atoms with van der Waals surface area (Å²) in [6.45, 7) is 8.54. The molecule has 0 spiro atoms. The van der Waals surface area contributed by atoms with E-state index in [2.05, 4.69) is 34.3 Å². The number of halogens is 1. The van der Waals surface area contributed by atoms with Gasteiger partial charge in [0.25, 0.3) is 0 Å². The van der Waals surface area contributed by atoms with Gasteiger partial charge in [-0.1, -0.05) is 20.7 Å². The van der Waals surface area contributed by atoms with Gasteiger partial charge in [-0.3, -0.25) is 4.79 Å². The third-order valence-electron chi connectivity index (χ3n) is 5.37. The minimum absolute atomic E-state index is 0.104. The number of aryl methyl sites for hydroxylation is 1. The Morgan fingerprint density at radius 2 is 2.27 bits per heavy atom. The molecule has 2 aliphatic rings. The predicted molar refractivity (Wildman–Crippen MR) is 119 cm³/mol. The Hall–Kier alpha value is -2.50. The first-order valence-corrected chi connectivity index (χ1v) is 11.2. The van der Waals surface area contributed by atoms with Crippen LogP contribution in [0, 0.1) is 12.7 Å². The van der Waals surface area contributed by atoms with Gasteiger partial charge in [0.05, 0.1) is 11.5 Å². The molecule has 1 N–H and O–H groups in total. The monoisotopic (exact) mass is 428 g/mol. The summed E-state index contributed by atoms with van der Waals surface area (Å²) in [7, 11) is 0.270. The van der Waals surface area contributed by atoms with Crippen molar-refractivity contribution in [1.29, 1.82) is 0 Å². The highest BCUT2D eigenvalue weighted by Crippen LogP contribution is 2.42. The Balaban J connectivity index is 1.54. The minimum atomic E-state index is -0.398. The molecule has 30 heavy (non-hydrogen) atoms. The molecule has 1 fully saturated rings. The van der Waals surface area contributed by atoms with E-state index in [9.17, 15) is 9.18 Å². The van der Waals surface area contributed by atoms with Crippen LogP contribution in [0.1, 0.15) is 25.3 Å². The molecule has 1 saturated heterocycles. The van der Waals surface area contributed by atoms with Crippen LogP contribution in [0.5, 0.6) is 0 Å². The van der Waals surface area contributed by atoms with E-state index in [-0.39, 0.29) is 19.9 Å². The summed E-state index contributed by atoms with van der Waals surface area (Å²) in [6.07, 6.45) is 8.90. The number of fused-ring (bicyclic) bond motifs is 1. The molecule has 0 radical (unpaired) electrons. The second-order valence-electron chi connectivity index (χ2n) is 7.60. The molecule has 2 aliphatic heterocycles. The molecular formula is C22H26FN4O2P. The number of nitrogens with one attached hydrogen (secondary N) is 1. The lowest BCUT2D eigenvalue weighted by Crippen LogP contribution is -2.49. The van der Waals surface area contributed by atoms with Crippen LogP contribution in [0.3, 0.4) is 0 Å². The van der Waals surface area contributed by atoms with Gasteiger partial charge in [0, 0.05) is 38.8 Å². The number of hydrogen-bond donors (Lipinski definition) is 1. The number of piperazine rings is 1. The van der Waals surface area contributed by atoms with E-state index in [0.29, 0.717) is 17.5 Å². The van der Waals surface area contributed by atoms with Crippen molar-refractivity contribution in [2.24, 2.45) is 0 Å². The number of amides is 1. The van der Waals surface area contributed by atoms with E-state index in [4.69, 9.17) is 4.42 Å². The fraction of sp³-hybridized carbons (Fsp3) is 0.364. The smallest absolute Gasteiger partial charge is 0.214 e. The minimum Gasteiger partial charge on any atom is -0.441 e. The molecule has 2 aromatic rings. The van der Waals surface area contributed by atoms with Gasteiger partial charge in [0.1, 0.15) is 5.52 Å². The Morgan fingerprint density at radius 1 is 1.43 bits per heavy atom. The second-order valence-corrected chi connectivity index (χ2v) is 9.01. The highest BCUT2D eigenvalue weighted by Gasteiger charge is 2.24. The molecule has 0 aliphatic carbocycles. The van der Waals surface area contributed by atoms with Crippen LogP contribution in [0.4, 0.5) is 4.39 Å². The number of nitrogens with zero attached hydrogens (tertiary/aromatic N) is 3. The number of carbonyl (C=O) groups is 1. The zero-order chi connectivity index (χ0) is 21.3. The Kier molecular flexibility index (Phi) is 6.02. The van der Waals surface area contributed by atoms with E-state index in [1.54, 1.807) is 11.8 Å². The van der Waals surface area contributed by atoms with Crippen LogP contribution < -0.4 is 5.32 Å². The van der Waals surface area contributed by atoms with E-state index in [1.165, 1.54) is 6.07 Å². The van der Waals surface area contributed by atoms with E-state index in [0.717, 1.165) is 42.6 Å². The van der Waals surface area contributed by atoms with Gasteiger partial charge < -0.3 is 19.5 Å². The summed E-state index contributed by atoms with van der Waals surface area (Å²) in [4.78, 5) is 19.9. The number of rotatable bonds is 5. The summed E-state index contributed by atoms with van der Waals surface area (Å²) >= 11 is 0. The highest BCUT2D eigenvalue weighted by atomic mass is 31.1. The average molecular weight is 428 g/mol. The third-order valence-corrected chi connectivity index (χ3v) is 7.04. The molecular weight excluding hydrogens is 402 g/mol. The Labute approximate surface area is 177 Å². The number of hydrogen-bond acceptors (Lipinski definition) is 5. The predicted octanol–water partition coefficient (Wildman–Crippen LogP) is 3.80. The van der Waals surface area contributed by atoms with Gasteiger partial charge in [0.2, 0.25) is 6.41 Å². The number of aromatic nitrogens is 1. The van der Waals surface area contributed by atoms with Crippen molar-refractivity contribution >= 4 is 31.4 Å².